The molecule has 0 N–H and O–H groups in total. The maximum absolute atomic E-state index is 11.9. The number of ketones is 1. The lowest BCUT2D eigenvalue weighted by atomic mass is 9.95. The van der Waals surface area contributed by atoms with Crippen LogP contribution in [0.5, 0.6) is 0 Å². The minimum atomic E-state index is -0.538. The number of thiazole rings is 1. The van der Waals surface area contributed by atoms with Crippen LogP contribution in [0.15, 0.2) is 11.7 Å². The zero-order chi connectivity index (χ0) is 10.0. The molecule has 14 heavy (non-hydrogen) atoms. The van der Waals surface area contributed by atoms with Crippen molar-refractivity contribution in [1.29, 1.82) is 0 Å². The van der Waals surface area contributed by atoms with Crippen LogP contribution >= 0.6 is 11.3 Å². The molecule has 1 fully saturated rings. The molecule has 0 amide bonds. The fraction of sp³-hybridized carbons (Fsp3) is 0.600. The second-order valence-corrected chi connectivity index (χ2v) is 4.72. The van der Waals surface area contributed by atoms with E-state index in [0.29, 0.717) is 13.0 Å². The molecule has 1 atom stereocenters. The standard InChI is InChI=1S/C10H13NO2S/c1-10(3-2-4-13-10)9(12)5-8-6-11-7-14-8/h6-7H,2-5H2,1H3. The van der Waals surface area contributed by atoms with Crippen molar-refractivity contribution in [1.82, 2.24) is 4.98 Å². The van der Waals surface area contributed by atoms with E-state index in [2.05, 4.69) is 4.98 Å². The molecule has 2 rings (SSSR count). The molecule has 0 bridgehead atoms. The van der Waals surface area contributed by atoms with E-state index in [1.165, 1.54) is 11.3 Å². The van der Waals surface area contributed by atoms with Crippen molar-refractivity contribution in [3.05, 3.63) is 16.6 Å². The molecule has 0 spiro atoms. The lowest BCUT2D eigenvalue weighted by Gasteiger charge is -2.20. The van der Waals surface area contributed by atoms with Gasteiger partial charge >= 0.3 is 0 Å². The maximum atomic E-state index is 11.9. The Morgan fingerprint density at radius 3 is 3.21 bits per heavy atom. The van der Waals surface area contributed by atoms with Gasteiger partial charge in [0, 0.05) is 24.1 Å². The molecule has 0 aromatic carbocycles. The van der Waals surface area contributed by atoms with Crippen LogP contribution in [-0.4, -0.2) is 23.0 Å². The van der Waals surface area contributed by atoms with Gasteiger partial charge in [0.05, 0.1) is 5.51 Å². The van der Waals surface area contributed by atoms with Crippen LogP contribution < -0.4 is 0 Å². The summed E-state index contributed by atoms with van der Waals surface area (Å²) in [5, 5.41) is 0. The minimum Gasteiger partial charge on any atom is -0.367 e. The predicted molar refractivity (Wildman–Crippen MR) is 54.4 cm³/mol. The van der Waals surface area contributed by atoms with Crippen molar-refractivity contribution in [3.8, 4) is 0 Å². The van der Waals surface area contributed by atoms with E-state index in [-0.39, 0.29) is 5.78 Å². The Balaban J connectivity index is 2.02. The molecular formula is C10H13NO2S. The lowest BCUT2D eigenvalue weighted by molar-refractivity contribution is -0.136. The number of carbonyl (C=O) groups is 1. The van der Waals surface area contributed by atoms with Crippen molar-refractivity contribution in [2.45, 2.75) is 31.8 Å². The predicted octanol–water partition coefficient (Wildman–Crippen LogP) is 1.82. The summed E-state index contributed by atoms with van der Waals surface area (Å²) in [7, 11) is 0. The van der Waals surface area contributed by atoms with E-state index in [1.807, 2.05) is 6.92 Å². The minimum absolute atomic E-state index is 0.180. The van der Waals surface area contributed by atoms with E-state index in [0.717, 1.165) is 17.7 Å². The van der Waals surface area contributed by atoms with E-state index in [4.69, 9.17) is 4.74 Å². The fourth-order valence-electron chi connectivity index (χ4n) is 1.67. The van der Waals surface area contributed by atoms with Crippen LogP contribution in [0.2, 0.25) is 0 Å². The van der Waals surface area contributed by atoms with Gasteiger partial charge in [-0.25, -0.2) is 0 Å². The summed E-state index contributed by atoms with van der Waals surface area (Å²) < 4.78 is 5.49. The van der Waals surface area contributed by atoms with Gasteiger partial charge in [-0.2, -0.15) is 0 Å². The molecule has 1 aromatic heterocycles. The average Bonchev–Trinajstić information content (AvgIpc) is 2.76. The van der Waals surface area contributed by atoms with E-state index < -0.39 is 5.60 Å². The quantitative estimate of drug-likeness (QED) is 0.765. The van der Waals surface area contributed by atoms with Gasteiger partial charge in [0.25, 0.3) is 0 Å². The molecule has 3 nitrogen and oxygen atoms in total. The van der Waals surface area contributed by atoms with Gasteiger partial charge in [0.15, 0.2) is 5.78 Å². The molecule has 1 unspecified atom stereocenters. The first-order valence-corrected chi connectivity index (χ1v) is 5.63. The molecule has 0 aliphatic carbocycles. The van der Waals surface area contributed by atoms with E-state index >= 15 is 0 Å². The highest BCUT2D eigenvalue weighted by Crippen LogP contribution is 2.27. The van der Waals surface area contributed by atoms with Gasteiger partial charge in [-0.3, -0.25) is 9.78 Å². The summed E-state index contributed by atoms with van der Waals surface area (Å²) in [5.74, 6) is 0.180. The summed E-state index contributed by atoms with van der Waals surface area (Å²) in [5.41, 5.74) is 1.21. The van der Waals surface area contributed by atoms with E-state index in [9.17, 15) is 4.79 Å². The second-order valence-electron chi connectivity index (χ2n) is 3.75. The summed E-state index contributed by atoms with van der Waals surface area (Å²) in [6, 6.07) is 0. The second kappa shape index (κ2) is 3.79. The van der Waals surface area contributed by atoms with Crippen molar-refractivity contribution in [2.24, 2.45) is 0 Å². The van der Waals surface area contributed by atoms with Gasteiger partial charge in [-0.05, 0) is 19.8 Å². The first-order valence-electron chi connectivity index (χ1n) is 4.75. The number of rotatable bonds is 3. The number of Topliss-reactive ketones (excluding diaryl/α,β-unsaturated/α-hetero) is 1. The Kier molecular flexibility index (Phi) is 2.65. The Labute approximate surface area is 87.1 Å². The third kappa shape index (κ3) is 1.86. The van der Waals surface area contributed by atoms with Crippen LogP contribution in [-0.2, 0) is 16.0 Å². The largest absolute Gasteiger partial charge is 0.367 e. The number of nitrogens with zero attached hydrogens (tertiary/aromatic N) is 1. The third-order valence-electron chi connectivity index (χ3n) is 2.63. The molecule has 4 heteroatoms. The number of carbonyl (C=O) groups excluding carboxylic acids is 1. The first-order chi connectivity index (χ1) is 6.71. The molecule has 0 saturated carbocycles. The van der Waals surface area contributed by atoms with Crippen LogP contribution in [0, 0.1) is 0 Å². The topological polar surface area (TPSA) is 39.2 Å². The highest BCUT2D eigenvalue weighted by atomic mass is 32.1. The molecule has 1 aromatic rings. The van der Waals surface area contributed by atoms with Crippen LogP contribution in [0.4, 0.5) is 0 Å². The molecule has 1 aliphatic rings. The molecule has 2 heterocycles. The van der Waals surface area contributed by atoms with Crippen LogP contribution in [0.3, 0.4) is 0 Å². The number of ether oxygens (including phenoxy) is 1. The Morgan fingerprint density at radius 1 is 1.79 bits per heavy atom. The highest BCUT2D eigenvalue weighted by Gasteiger charge is 2.37. The Morgan fingerprint density at radius 2 is 2.64 bits per heavy atom. The maximum Gasteiger partial charge on any atom is 0.169 e. The Hall–Kier alpha value is -0.740. The Bertz CT molecular complexity index is 315. The van der Waals surface area contributed by atoms with Crippen molar-refractivity contribution in [3.63, 3.8) is 0 Å². The summed E-state index contributed by atoms with van der Waals surface area (Å²) in [4.78, 5) is 16.9. The average molecular weight is 211 g/mol. The molecule has 0 radical (unpaired) electrons. The van der Waals surface area contributed by atoms with Gasteiger partial charge < -0.3 is 4.74 Å². The molecular weight excluding hydrogens is 198 g/mol. The van der Waals surface area contributed by atoms with Crippen molar-refractivity contribution in [2.75, 3.05) is 6.61 Å². The monoisotopic (exact) mass is 211 g/mol. The van der Waals surface area contributed by atoms with Gasteiger partial charge in [0.2, 0.25) is 0 Å². The normalized spacial score (nSPS) is 26.6. The van der Waals surface area contributed by atoms with Gasteiger partial charge in [-0.15, -0.1) is 11.3 Å². The van der Waals surface area contributed by atoms with Gasteiger partial charge in [0.1, 0.15) is 5.60 Å². The molecule has 76 valence electrons. The third-order valence-corrected chi connectivity index (χ3v) is 3.41. The van der Waals surface area contributed by atoms with Crippen molar-refractivity contribution >= 4 is 17.1 Å². The SMILES string of the molecule is CC1(C(=O)Cc2cncs2)CCCO1. The zero-order valence-corrected chi connectivity index (χ0v) is 8.97. The fourth-order valence-corrected chi connectivity index (χ4v) is 2.27. The summed E-state index contributed by atoms with van der Waals surface area (Å²) in [6.07, 6.45) is 4.05. The first kappa shape index (κ1) is 9.80. The van der Waals surface area contributed by atoms with E-state index in [1.54, 1.807) is 11.7 Å². The van der Waals surface area contributed by atoms with Crippen molar-refractivity contribution < 1.29 is 9.53 Å². The van der Waals surface area contributed by atoms with Crippen LogP contribution in [0.1, 0.15) is 24.6 Å². The number of hydrogen-bond donors (Lipinski definition) is 0. The summed E-state index contributed by atoms with van der Waals surface area (Å²) in [6.45, 7) is 2.61. The number of aromatic nitrogens is 1. The molecule has 1 aliphatic heterocycles. The lowest BCUT2D eigenvalue weighted by Crippen LogP contribution is -2.35. The number of hydrogen-bond acceptors (Lipinski definition) is 4. The molecule has 1 saturated heterocycles. The van der Waals surface area contributed by atoms with Gasteiger partial charge in [-0.1, -0.05) is 0 Å². The summed E-state index contributed by atoms with van der Waals surface area (Å²) >= 11 is 1.52. The van der Waals surface area contributed by atoms with Crippen LogP contribution in [0.25, 0.3) is 0 Å². The smallest absolute Gasteiger partial charge is 0.169 e. The highest BCUT2D eigenvalue weighted by molar-refractivity contribution is 7.09. The zero-order valence-electron chi connectivity index (χ0n) is 8.16.